The highest BCUT2D eigenvalue weighted by Crippen LogP contribution is 2.30. The average molecular weight is 475 g/mol. The molecule has 0 unspecified atom stereocenters. The van der Waals surface area contributed by atoms with Crippen LogP contribution in [0.4, 0.5) is 23.5 Å². The number of benzene rings is 1. The first-order valence-electron chi connectivity index (χ1n) is 10.6. The van der Waals surface area contributed by atoms with Crippen LogP contribution in [0, 0.1) is 11.7 Å². The maximum Gasteiger partial charge on any atom is 0.417 e. The van der Waals surface area contributed by atoms with Gasteiger partial charge in [0.2, 0.25) is 11.9 Å². The Hall–Kier alpha value is -3.76. The van der Waals surface area contributed by atoms with Crippen LogP contribution in [0.1, 0.15) is 31.2 Å². The molecule has 1 saturated carbocycles. The third-order valence-corrected chi connectivity index (χ3v) is 5.84. The van der Waals surface area contributed by atoms with Crippen LogP contribution < -0.4 is 16.6 Å². The number of nitrogens with one attached hydrogen (secondary N) is 1. The maximum absolute atomic E-state index is 14.6. The summed E-state index contributed by atoms with van der Waals surface area (Å²) in [6.07, 6.45) is -0.294. The van der Waals surface area contributed by atoms with Gasteiger partial charge in [0.25, 0.3) is 5.56 Å². The molecule has 3 aromatic rings. The number of hydrogen-bond donors (Lipinski definition) is 2. The van der Waals surface area contributed by atoms with Crippen LogP contribution in [0.5, 0.6) is 0 Å². The average Bonchev–Trinajstić information content (AvgIpc) is 2.80. The first kappa shape index (κ1) is 23.4. The molecule has 34 heavy (non-hydrogen) atoms. The van der Waals surface area contributed by atoms with Crippen molar-refractivity contribution in [3.05, 3.63) is 70.5 Å². The van der Waals surface area contributed by atoms with E-state index >= 15 is 0 Å². The summed E-state index contributed by atoms with van der Waals surface area (Å²) in [6, 6.07) is 7.39. The van der Waals surface area contributed by atoms with Gasteiger partial charge in [-0.1, -0.05) is 12.1 Å². The molecule has 2 aromatic heterocycles. The standard InChI is InChI=1S/C23H21F4N5O2/c24-18-11-29-22(30-16-7-4-13(5-8-16)21(28)34)31-20(18)14-2-1-3-17(10-14)32-12-15(23(25,26)27)6-9-19(32)33/h1-3,6,9-13,16H,4-5,7-8H2,(H2,28,34)(H,29,30,31)/t13-,16-. The number of primary amides is 1. The number of nitrogens with two attached hydrogens (primary N) is 1. The Balaban J connectivity index is 1.61. The molecule has 3 N–H and O–H groups in total. The van der Waals surface area contributed by atoms with Crippen molar-refractivity contribution in [3.8, 4) is 16.9 Å². The fourth-order valence-electron chi connectivity index (χ4n) is 4.00. The molecule has 0 atom stereocenters. The Kier molecular flexibility index (Phi) is 6.36. The summed E-state index contributed by atoms with van der Waals surface area (Å²) in [5.74, 6) is -1.03. The number of carbonyl (C=O) groups is 1. The molecule has 1 aromatic carbocycles. The number of carbonyl (C=O) groups excluding carboxylic acids is 1. The number of hydrogen-bond acceptors (Lipinski definition) is 5. The van der Waals surface area contributed by atoms with Crippen LogP contribution in [0.2, 0.25) is 0 Å². The van der Waals surface area contributed by atoms with Gasteiger partial charge >= 0.3 is 6.18 Å². The zero-order valence-electron chi connectivity index (χ0n) is 17.8. The zero-order valence-corrected chi connectivity index (χ0v) is 17.8. The molecule has 0 radical (unpaired) electrons. The van der Waals surface area contributed by atoms with Crippen molar-refractivity contribution in [3.63, 3.8) is 0 Å². The van der Waals surface area contributed by atoms with E-state index < -0.39 is 23.1 Å². The fourth-order valence-corrected chi connectivity index (χ4v) is 4.00. The summed E-state index contributed by atoms with van der Waals surface area (Å²) in [6.45, 7) is 0. The minimum Gasteiger partial charge on any atom is -0.369 e. The van der Waals surface area contributed by atoms with Crippen LogP contribution in [0.15, 0.2) is 53.6 Å². The summed E-state index contributed by atoms with van der Waals surface area (Å²) >= 11 is 0. The van der Waals surface area contributed by atoms with E-state index in [0.717, 1.165) is 16.8 Å². The first-order valence-corrected chi connectivity index (χ1v) is 10.6. The summed E-state index contributed by atoms with van der Waals surface area (Å²) in [5.41, 5.74) is 4.04. The van der Waals surface area contributed by atoms with E-state index in [-0.39, 0.29) is 40.8 Å². The molecule has 1 aliphatic rings. The third kappa shape index (κ3) is 5.08. The lowest BCUT2D eigenvalue weighted by Crippen LogP contribution is -2.32. The Labute approximate surface area is 191 Å². The second kappa shape index (κ2) is 9.24. The molecule has 0 spiro atoms. The SMILES string of the molecule is NC(=O)[C@H]1CC[C@H](Nc2ncc(F)c(-c3cccc(-n4cc(C(F)(F)F)ccc4=O)c3)n2)CC1. The van der Waals surface area contributed by atoms with E-state index in [1.807, 2.05) is 0 Å². The molecule has 1 aliphatic carbocycles. The van der Waals surface area contributed by atoms with Gasteiger partial charge in [0.1, 0.15) is 5.69 Å². The Morgan fingerprint density at radius 1 is 1.12 bits per heavy atom. The van der Waals surface area contributed by atoms with Crippen molar-refractivity contribution in [2.75, 3.05) is 5.32 Å². The van der Waals surface area contributed by atoms with Gasteiger partial charge in [-0.15, -0.1) is 0 Å². The van der Waals surface area contributed by atoms with Crippen LogP contribution in [-0.2, 0) is 11.0 Å². The highest BCUT2D eigenvalue weighted by Gasteiger charge is 2.31. The summed E-state index contributed by atoms with van der Waals surface area (Å²) < 4.78 is 54.7. The van der Waals surface area contributed by atoms with E-state index in [0.29, 0.717) is 37.9 Å². The number of nitrogens with zero attached hydrogens (tertiary/aromatic N) is 3. The molecule has 178 valence electrons. The molecule has 11 heteroatoms. The largest absolute Gasteiger partial charge is 0.417 e. The van der Waals surface area contributed by atoms with Crippen LogP contribution >= 0.6 is 0 Å². The number of aromatic nitrogens is 3. The highest BCUT2D eigenvalue weighted by molar-refractivity contribution is 5.76. The van der Waals surface area contributed by atoms with Gasteiger partial charge in [-0.3, -0.25) is 14.2 Å². The first-order chi connectivity index (χ1) is 16.1. The molecular weight excluding hydrogens is 454 g/mol. The molecule has 1 fully saturated rings. The van der Waals surface area contributed by atoms with Gasteiger partial charge in [-0.25, -0.2) is 14.4 Å². The number of halogens is 4. The lowest BCUT2D eigenvalue weighted by atomic mass is 9.86. The van der Waals surface area contributed by atoms with Crippen molar-refractivity contribution in [2.45, 2.75) is 37.9 Å². The van der Waals surface area contributed by atoms with Crippen LogP contribution in [-0.4, -0.2) is 26.5 Å². The Bertz CT molecular complexity index is 1270. The normalized spacial score (nSPS) is 18.5. The number of pyridine rings is 1. The summed E-state index contributed by atoms with van der Waals surface area (Å²) in [7, 11) is 0. The van der Waals surface area contributed by atoms with Gasteiger partial charge in [0.15, 0.2) is 5.82 Å². The maximum atomic E-state index is 14.6. The van der Waals surface area contributed by atoms with E-state index in [4.69, 9.17) is 5.73 Å². The lowest BCUT2D eigenvalue weighted by Gasteiger charge is -2.27. The number of amides is 1. The van der Waals surface area contributed by atoms with Crippen molar-refractivity contribution >= 4 is 11.9 Å². The second-order valence-corrected chi connectivity index (χ2v) is 8.16. The quantitative estimate of drug-likeness (QED) is 0.545. The molecule has 4 rings (SSSR count). The number of alkyl halides is 3. The van der Waals surface area contributed by atoms with Crippen LogP contribution in [0.25, 0.3) is 16.9 Å². The minimum absolute atomic E-state index is 0.0102. The third-order valence-electron chi connectivity index (χ3n) is 5.84. The minimum atomic E-state index is -4.62. The van der Waals surface area contributed by atoms with E-state index in [2.05, 4.69) is 15.3 Å². The van der Waals surface area contributed by atoms with Gasteiger partial charge in [-0.05, 0) is 43.9 Å². The highest BCUT2D eigenvalue weighted by atomic mass is 19.4. The van der Waals surface area contributed by atoms with Gasteiger partial charge < -0.3 is 11.1 Å². The van der Waals surface area contributed by atoms with Crippen LogP contribution in [0.3, 0.4) is 0 Å². The predicted octanol–water partition coefficient (Wildman–Crippen LogP) is 3.91. The smallest absolute Gasteiger partial charge is 0.369 e. The van der Waals surface area contributed by atoms with Gasteiger partial charge in [0.05, 0.1) is 11.8 Å². The predicted molar refractivity (Wildman–Crippen MR) is 117 cm³/mol. The lowest BCUT2D eigenvalue weighted by molar-refractivity contribution is -0.138. The van der Waals surface area contributed by atoms with E-state index in [1.165, 1.54) is 24.3 Å². The Morgan fingerprint density at radius 3 is 2.53 bits per heavy atom. The van der Waals surface area contributed by atoms with Crippen molar-refractivity contribution in [2.24, 2.45) is 11.7 Å². The monoisotopic (exact) mass is 475 g/mol. The number of rotatable bonds is 5. The molecule has 1 amide bonds. The summed E-state index contributed by atoms with van der Waals surface area (Å²) in [5, 5.41) is 3.14. The van der Waals surface area contributed by atoms with E-state index in [1.54, 1.807) is 0 Å². The molecule has 2 heterocycles. The van der Waals surface area contributed by atoms with Gasteiger partial charge in [0, 0.05) is 35.5 Å². The van der Waals surface area contributed by atoms with E-state index in [9.17, 15) is 27.2 Å². The molecule has 0 bridgehead atoms. The number of anilines is 1. The van der Waals surface area contributed by atoms with Crippen molar-refractivity contribution < 1.29 is 22.4 Å². The summed E-state index contributed by atoms with van der Waals surface area (Å²) in [4.78, 5) is 31.8. The molecule has 7 nitrogen and oxygen atoms in total. The molecule has 0 saturated heterocycles. The van der Waals surface area contributed by atoms with Gasteiger partial charge in [-0.2, -0.15) is 13.2 Å². The van der Waals surface area contributed by atoms with Crippen molar-refractivity contribution in [1.82, 2.24) is 14.5 Å². The second-order valence-electron chi connectivity index (χ2n) is 8.16. The molecule has 0 aliphatic heterocycles. The topological polar surface area (TPSA) is 103 Å². The molecular formula is C23H21F4N5O2. The fraction of sp³-hybridized carbons (Fsp3) is 0.304. The zero-order chi connectivity index (χ0) is 24.5. The van der Waals surface area contributed by atoms with Crippen molar-refractivity contribution in [1.29, 1.82) is 0 Å². The Morgan fingerprint density at radius 2 is 1.85 bits per heavy atom.